The monoisotopic (exact) mass is 511 g/mol. The first-order chi connectivity index (χ1) is 17.0. The van der Waals surface area contributed by atoms with E-state index in [9.17, 15) is 19.5 Å². The smallest absolute Gasteiger partial charge is 0.408 e. The number of aryl methyl sites for hydroxylation is 1. The molecule has 2 unspecified atom stereocenters. The molecule has 0 fully saturated rings. The fourth-order valence-corrected chi connectivity index (χ4v) is 3.84. The summed E-state index contributed by atoms with van der Waals surface area (Å²) in [6.45, 7) is 7.00. The number of alkyl carbamates (subject to hydrolysis) is 1. The SMILES string of the molecule is C#CN(C(=O)C(CCSC)NC(=O)OC(C)(C)C)C(C(=O)Nc1ccccc1C)c1ccc(O)cc1. The third-order valence-corrected chi connectivity index (χ3v) is 5.74. The normalized spacial score (nSPS) is 12.6. The van der Waals surface area contributed by atoms with Crippen LogP contribution in [0.5, 0.6) is 5.75 Å². The molecule has 0 aliphatic rings. The number of anilines is 1. The average Bonchev–Trinajstić information content (AvgIpc) is 2.80. The van der Waals surface area contributed by atoms with Gasteiger partial charge in [-0.05, 0) is 75.5 Å². The molecule has 0 heterocycles. The van der Waals surface area contributed by atoms with Crippen LogP contribution in [0.2, 0.25) is 0 Å². The van der Waals surface area contributed by atoms with E-state index in [2.05, 4.69) is 16.7 Å². The molecule has 0 bridgehead atoms. The van der Waals surface area contributed by atoms with Gasteiger partial charge in [-0.25, -0.2) is 4.79 Å². The van der Waals surface area contributed by atoms with E-state index in [-0.39, 0.29) is 12.2 Å². The molecule has 0 spiro atoms. The third kappa shape index (κ3) is 8.24. The molecule has 2 aromatic carbocycles. The summed E-state index contributed by atoms with van der Waals surface area (Å²) in [6.07, 6.45) is 7.17. The lowest BCUT2D eigenvalue weighted by molar-refractivity contribution is -0.136. The Hall–Kier alpha value is -3.64. The minimum Gasteiger partial charge on any atom is -0.508 e. The molecular weight excluding hydrogens is 478 g/mol. The summed E-state index contributed by atoms with van der Waals surface area (Å²) in [5.41, 5.74) is 1.04. The van der Waals surface area contributed by atoms with Crippen LogP contribution in [-0.2, 0) is 14.3 Å². The highest BCUT2D eigenvalue weighted by Crippen LogP contribution is 2.26. The van der Waals surface area contributed by atoms with Crippen LogP contribution in [0.15, 0.2) is 48.5 Å². The number of carbonyl (C=O) groups is 3. The lowest BCUT2D eigenvalue weighted by atomic mass is 10.0. The van der Waals surface area contributed by atoms with Crippen LogP contribution in [0.1, 0.15) is 44.4 Å². The second-order valence-corrected chi connectivity index (χ2v) is 10.1. The largest absolute Gasteiger partial charge is 0.508 e. The number of para-hydroxylation sites is 1. The number of hydrogen-bond acceptors (Lipinski definition) is 6. The van der Waals surface area contributed by atoms with E-state index >= 15 is 0 Å². The Bertz CT molecular complexity index is 1110. The molecule has 0 saturated carbocycles. The molecule has 0 aromatic heterocycles. The summed E-state index contributed by atoms with van der Waals surface area (Å²) in [4.78, 5) is 40.6. The first-order valence-electron chi connectivity index (χ1n) is 11.4. The Labute approximate surface area is 216 Å². The number of aromatic hydroxyl groups is 1. The Balaban J connectivity index is 2.43. The number of carbonyl (C=O) groups excluding carboxylic acids is 3. The van der Waals surface area contributed by atoms with Gasteiger partial charge < -0.3 is 20.5 Å². The van der Waals surface area contributed by atoms with Gasteiger partial charge in [0.25, 0.3) is 11.8 Å². The van der Waals surface area contributed by atoms with Crippen molar-refractivity contribution < 1.29 is 24.2 Å². The quantitative estimate of drug-likeness (QED) is 0.339. The molecule has 2 rings (SSSR count). The number of benzene rings is 2. The lowest BCUT2D eigenvalue weighted by Crippen LogP contribution is -2.51. The summed E-state index contributed by atoms with van der Waals surface area (Å²) in [5.74, 6) is -0.610. The summed E-state index contributed by atoms with van der Waals surface area (Å²) in [6, 6.07) is 13.2. The van der Waals surface area contributed by atoms with E-state index in [1.807, 2.05) is 25.3 Å². The average molecular weight is 512 g/mol. The van der Waals surface area contributed by atoms with Crippen molar-refractivity contribution in [2.24, 2.45) is 0 Å². The molecule has 2 atom stereocenters. The molecule has 8 nitrogen and oxygen atoms in total. The molecule has 0 aliphatic carbocycles. The van der Waals surface area contributed by atoms with Gasteiger partial charge in [0.2, 0.25) is 0 Å². The zero-order valence-corrected chi connectivity index (χ0v) is 22.0. The zero-order chi connectivity index (χ0) is 26.9. The Morgan fingerprint density at radius 1 is 1.14 bits per heavy atom. The van der Waals surface area contributed by atoms with Crippen molar-refractivity contribution in [3.8, 4) is 18.2 Å². The van der Waals surface area contributed by atoms with E-state index in [1.165, 1.54) is 36.0 Å². The summed E-state index contributed by atoms with van der Waals surface area (Å²) >= 11 is 1.50. The number of thioether (sulfide) groups is 1. The molecule has 0 aliphatic heterocycles. The molecule has 36 heavy (non-hydrogen) atoms. The number of rotatable bonds is 9. The van der Waals surface area contributed by atoms with Gasteiger partial charge in [0.05, 0.1) is 0 Å². The number of phenolic OH excluding ortho intramolecular Hbond substituents is 1. The standard InChI is InChI=1S/C27H33N3O5S/c1-7-30(25(33)22(16-17-36-6)29-26(34)35-27(3,4)5)23(19-12-14-20(31)15-13-19)24(32)28-21-11-9-8-10-18(21)2/h1,8-15,22-23,31H,16-17H2,2-6H3,(H,28,32)(H,29,34). The van der Waals surface area contributed by atoms with Gasteiger partial charge in [-0.1, -0.05) is 36.8 Å². The Kier molecular flexibility index (Phi) is 10.2. The number of amides is 3. The first-order valence-corrected chi connectivity index (χ1v) is 12.8. The molecule has 2 aromatic rings. The third-order valence-electron chi connectivity index (χ3n) is 5.09. The summed E-state index contributed by atoms with van der Waals surface area (Å²) in [5, 5.41) is 15.2. The fourth-order valence-electron chi connectivity index (χ4n) is 3.36. The van der Waals surface area contributed by atoms with Crippen molar-refractivity contribution in [3.05, 3.63) is 59.7 Å². The van der Waals surface area contributed by atoms with Crippen LogP contribution in [-0.4, -0.2) is 51.6 Å². The van der Waals surface area contributed by atoms with E-state index in [0.29, 0.717) is 17.0 Å². The molecule has 192 valence electrons. The molecule has 9 heteroatoms. The summed E-state index contributed by atoms with van der Waals surface area (Å²) in [7, 11) is 0. The zero-order valence-electron chi connectivity index (χ0n) is 21.2. The number of phenols is 1. The van der Waals surface area contributed by atoms with Crippen LogP contribution in [0.4, 0.5) is 10.5 Å². The Morgan fingerprint density at radius 3 is 2.33 bits per heavy atom. The van der Waals surface area contributed by atoms with Gasteiger partial charge in [0, 0.05) is 11.7 Å². The maximum absolute atomic E-state index is 13.7. The number of ether oxygens (including phenoxy) is 1. The van der Waals surface area contributed by atoms with Gasteiger partial charge in [-0.2, -0.15) is 11.8 Å². The summed E-state index contributed by atoms with van der Waals surface area (Å²) < 4.78 is 5.32. The first kappa shape index (κ1) is 28.6. The number of nitrogens with one attached hydrogen (secondary N) is 2. The maximum atomic E-state index is 13.7. The minimum absolute atomic E-state index is 0.000152. The van der Waals surface area contributed by atoms with Crippen LogP contribution in [0.3, 0.4) is 0 Å². The molecule has 3 amide bonds. The van der Waals surface area contributed by atoms with Crippen LogP contribution >= 0.6 is 11.8 Å². The topological polar surface area (TPSA) is 108 Å². The van der Waals surface area contributed by atoms with Crippen molar-refractivity contribution >= 4 is 35.4 Å². The number of terminal acetylenes is 1. The predicted octanol–water partition coefficient (Wildman–Crippen LogP) is 4.45. The predicted molar refractivity (Wildman–Crippen MR) is 142 cm³/mol. The van der Waals surface area contributed by atoms with Crippen LogP contribution < -0.4 is 10.6 Å². The minimum atomic E-state index is -1.22. The van der Waals surface area contributed by atoms with E-state index in [0.717, 1.165) is 10.5 Å². The van der Waals surface area contributed by atoms with E-state index < -0.39 is 35.6 Å². The highest BCUT2D eigenvalue weighted by molar-refractivity contribution is 7.98. The number of hydrogen-bond donors (Lipinski definition) is 3. The van der Waals surface area contributed by atoms with Gasteiger partial charge in [0.1, 0.15) is 23.4 Å². The molecule has 0 saturated heterocycles. The van der Waals surface area contributed by atoms with Gasteiger partial charge >= 0.3 is 6.09 Å². The van der Waals surface area contributed by atoms with Crippen molar-refractivity contribution in [2.75, 3.05) is 17.3 Å². The van der Waals surface area contributed by atoms with Gasteiger partial charge in [0.15, 0.2) is 0 Å². The van der Waals surface area contributed by atoms with Gasteiger partial charge in [-0.15, -0.1) is 0 Å². The molecular formula is C27H33N3O5S. The highest BCUT2D eigenvalue weighted by Gasteiger charge is 2.36. The second-order valence-electron chi connectivity index (χ2n) is 9.12. The van der Waals surface area contributed by atoms with Crippen molar-refractivity contribution in [1.29, 1.82) is 0 Å². The second kappa shape index (κ2) is 12.9. The van der Waals surface area contributed by atoms with Crippen LogP contribution in [0.25, 0.3) is 0 Å². The van der Waals surface area contributed by atoms with Gasteiger partial charge in [-0.3, -0.25) is 14.5 Å². The lowest BCUT2D eigenvalue weighted by Gasteiger charge is -2.30. The van der Waals surface area contributed by atoms with Crippen molar-refractivity contribution in [1.82, 2.24) is 10.2 Å². The van der Waals surface area contributed by atoms with E-state index in [4.69, 9.17) is 11.2 Å². The van der Waals surface area contributed by atoms with E-state index in [1.54, 1.807) is 32.9 Å². The molecule has 0 radical (unpaired) electrons. The van der Waals surface area contributed by atoms with Crippen LogP contribution in [0, 0.1) is 19.4 Å². The van der Waals surface area contributed by atoms with Crippen molar-refractivity contribution in [3.63, 3.8) is 0 Å². The Morgan fingerprint density at radius 2 is 1.78 bits per heavy atom. The fraction of sp³-hybridized carbons (Fsp3) is 0.370. The highest BCUT2D eigenvalue weighted by atomic mass is 32.2. The van der Waals surface area contributed by atoms with Crippen molar-refractivity contribution in [2.45, 2.75) is 51.8 Å². The maximum Gasteiger partial charge on any atom is 0.408 e. The molecule has 3 N–H and O–H groups in total. The number of nitrogens with zero attached hydrogens (tertiary/aromatic N) is 1.